The Labute approximate surface area is 156 Å². The molecule has 0 saturated heterocycles. The minimum atomic E-state index is -0.470. The second kappa shape index (κ2) is 7.65. The number of halogens is 1. The molecule has 4 heterocycles. The number of ether oxygens (including phenoxy) is 1. The molecule has 0 N–H and O–H groups in total. The minimum absolute atomic E-state index is 0.0131. The summed E-state index contributed by atoms with van der Waals surface area (Å²) in [5, 5.41) is 0. The van der Waals surface area contributed by atoms with E-state index in [0.717, 1.165) is 12.2 Å². The van der Waals surface area contributed by atoms with Gasteiger partial charge in [0.1, 0.15) is 6.26 Å². The Morgan fingerprint density at radius 2 is 2.22 bits per heavy atom. The SMILES string of the molecule is O=C(c1ccoc1)N1Cc2cccn2C[C@H](CCOc2ncccc2F)C1. The largest absolute Gasteiger partial charge is 0.476 e. The first-order valence-electron chi connectivity index (χ1n) is 8.89. The number of nitrogens with zero attached hydrogens (tertiary/aromatic N) is 3. The maximum Gasteiger partial charge on any atom is 0.257 e. The van der Waals surface area contributed by atoms with Gasteiger partial charge in [0.2, 0.25) is 5.88 Å². The van der Waals surface area contributed by atoms with E-state index in [-0.39, 0.29) is 17.7 Å². The summed E-state index contributed by atoms with van der Waals surface area (Å²) in [6, 6.07) is 8.54. The molecule has 0 aliphatic carbocycles. The summed E-state index contributed by atoms with van der Waals surface area (Å²) in [6.45, 7) is 2.26. The van der Waals surface area contributed by atoms with Gasteiger partial charge < -0.3 is 18.6 Å². The Morgan fingerprint density at radius 1 is 1.30 bits per heavy atom. The number of fused-ring (bicyclic) bond motifs is 1. The van der Waals surface area contributed by atoms with Gasteiger partial charge in [0, 0.05) is 31.2 Å². The third-order valence-corrected chi connectivity index (χ3v) is 4.75. The smallest absolute Gasteiger partial charge is 0.257 e. The fourth-order valence-electron chi connectivity index (χ4n) is 3.38. The second-order valence-electron chi connectivity index (χ2n) is 6.64. The molecule has 0 fully saturated rings. The van der Waals surface area contributed by atoms with Gasteiger partial charge in [-0.1, -0.05) is 0 Å². The molecule has 0 bridgehead atoms. The van der Waals surface area contributed by atoms with Crippen LogP contribution >= 0.6 is 0 Å². The Morgan fingerprint density at radius 3 is 3.04 bits per heavy atom. The number of aromatic nitrogens is 2. The molecule has 6 nitrogen and oxygen atoms in total. The highest BCUT2D eigenvalue weighted by atomic mass is 19.1. The summed E-state index contributed by atoms with van der Waals surface area (Å²) in [4.78, 5) is 18.5. The van der Waals surface area contributed by atoms with Gasteiger partial charge >= 0.3 is 0 Å². The number of furan rings is 1. The van der Waals surface area contributed by atoms with Gasteiger partial charge in [-0.15, -0.1) is 0 Å². The molecule has 3 aromatic heterocycles. The first-order valence-corrected chi connectivity index (χ1v) is 8.89. The summed E-state index contributed by atoms with van der Waals surface area (Å²) < 4.78 is 26.4. The predicted octanol–water partition coefficient (Wildman–Crippen LogP) is 3.36. The summed E-state index contributed by atoms with van der Waals surface area (Å²) in [6.07, 6.45) is 7.17. The van der Waals surface area contributed by atoms with Crippen LogP contribution in [0.1, 0.15) is 22.5 Å². The summed E-state index contributed by atoms with van der Waals surface area (Å²) in [7, 11) is 0. The molecular formula is C20H20FN3O3. The third-order valence-electron chi connectivity index (χ3n) is 4.75. The second-order valence-corrected chi connectivity index (χ2v) is 6.64. The van der Waals surface area contributed by atoms with Gasteiger partial charge in [-0.25, -0.2) is 9.37 Å². The molecule has 140 valence electrons. The van der Waals surface area contributed by atoms with Crippen LogP contribution in [-0.4, -0.2) is 33.5 Å². The molecule has 1 atom stereocenters. The van der Waals surface area contributed by atoms with E-state index in [9.17, 15) is 9.18 Å². The maximum atomic E-state index is 13.6. The van der Waals surface area contributed by atoms with Crippen molar-refractivity contribution in [3.05, 3.63) is 72.3 Å². The van der Waals surface area contributed by atoms with Crippen molar-refractivity contribution in [2.75, 3.05) is 13.2 Å². The van der Waals surface area contributed by atoms with Crippen LogP contribution in [0.2, 0.25) is 0 Å². The number of carbonyl (C=O) groups excluding carboxylic acids is 1. The fourth-order valence-corrected chi connectivity index (χ4v) is 3.38. The predicted molar refractivity (Wildman–Crippen MR) is 95.7 cm³/mol. The van der Waals surface area contributed by atoms with Crippen LogP contribution in [0.15, 0.2) is 59.7 Å². The van der Waals surface area contributed by atoms with E-state index in [1.54, 1.807) is 6.07 Å². The van der Waals surface area contributed by atoms with Gasteiger partial charge in [0.05, 0.1) is 25.0 Å². The van der Waals surface area contributed by atoms with Crippen molar-refractivity contribution in [1.82, 2.24) is 14.5 Å². The highest BCUT2D eigenvalue weighted by Crippen LogP contribution is 2.22. The average Bonchev–Trinajstić information content (AvgIpc) is 3.32. The molecule has 0 radical (unpaired) electrons. The highest BCUT2D eigenvalue weighted by molar-refractivity contribution is 5.93. The zero-order valence-electron chi connectivity index (χ0n) is 14.8. The van der Waals surface area contributed by atoms with E-state index >= 15 is 0 Å². The Hall–Kier alpha value is -3.09. The van der Waals surface area contributed by atoms with E-state index in [1.807, 2.05) is 23.2 Å². The van der Waals surface area contributed by atoms with Crippen LogP contribution in [0.25, 0.3) is 0 Å². The quantitative estimate of drug-likeness (QED) is 0.692. The topological polar surface area (TPSA) is 60.5 Å². The molecule has 1 aliphatic rings. The van der Waals surface area contributed by atoms with Crippen molar-refractivity contribution in [2.45, 2.75) is 19.5 Å². The van der Waals surface area contributed by atoms with Crippen LogP contribution in [0.3, 0.4) is 0 Å². The van der Waals surface area contributed by atoms with E-state index in [4.69, 9.17) is 9.15 Å². The van der Waals surface area contributed by atoms with Crippen molar-refractivity contribution in [1.29, 1.82) is 0 Å². The van der Waals surface area contributed by atoms with Gasteiger partial charge in [-0.2, -0.15) is 0 Å². The molecule has 3 aromatic rings. The normalized spacial score (nSPS) is 16.6. The molecule has 1 aliphatic heterocycles. The molecule has 7 heteroatoms. The molecule has 4 rings (SSSR count). The van der Waals surface area contributed by atoms with Gasteiger partial charge in [-0.3, -0.25) is 4.79 Å². The van der Waals surface area contributed by atoms with Crippen molar-refractivity contribution in [3.8, 4) is 5.88 Å². The lowest BCUT2D eigenvalue weighted by Gasteiger charge is -2.23. The monoisotopic (exact) mass is 369 g/mol. The third kappa shape index (κ3) is 3.86. The molecule has 0 unspecified atom stereocenters. The zero-order chi connectivity index (χ0) is 18.6. The minimum Gasteiger partial charge on any atom is -0.476 e. The Balaban J connectivity index is 1.45. The van der Waals surface area contributed by atoms with Gasteiger partial charge in [0.25, 0.3) is 5.91 Å². The Bertz CT molecular complexity index is 907. The van der Waals surface area contributed by atoms with E-state index in [2.05, 4.69) is 9.55 Å². The van der Waals surface area contributed by atoms with Crippen LogP contribution < -0.4 is 4.74 Å². The van der Waals surface area contributed by atoms with E-state index < -0.39 is 5.82 Å². The number of rotatable bonds is 5. The van der Waals surface area contributed by atoms with E-state index in [1.165, 1.54) is 30.9 Å². The summed E-state index contributed by atoms with van der Waals surface area (Å²) in [5.41, 5.74) is 1.63. The number of hydrogen-bond donors (Lipinski definition) is 0. The molecule has 0 aromatic carbocycles. The van der Waals surface area contributed by atoms with Gasteiger partial charge in [0.15, 0.2) is 5.82 Å². The molecular weight excluding hydrogens is 349 g/mol. The van der Waals surface area contributed by atoms with Crippen molar-refractivity contribution in [2.24, 2.45) is 5.92 Å². The van der Waals surface area contributed by atoms with Crippen molar-refractivity contribution >= 4 is 5.91 Å². The van der Waals surface area contributed by atoms with Crippen LogP contribution in [-0.2, 0) is 13.1 Å². The molecule has 1 amide bonds. The van der Waals surface area contributed by atoms with Crippen molar-refractivity contribution < 1.29 is 18.3 Å². The number of pyridine rings is 1. The standard InChI is InChI=1S/C20H20FN3O3/c21-18-4-1-7-22-19(18)27-10-5-15-11-23-8-2-3-17(23)13-24(12-15)20(25)16-6-9-26-14-16/h1-4,6-9,14-15H,5,10-13H2/t15-/m0/s1. The molecule has 0 saturated carbocycles. The maximum absolute atomic E-state index is 13.6. The lowest BCUT2D eigenvalue weighted by molar-refractivity contribution is 0.0711. The van der Waals surface area contributed by atoms with E-state index in [0.29, 0.717) is 31.7 Å². The summed E-state index contributed by atoms with van der Waals surface area (Å²) in [5.74, 6) is -0.330. The number of amides is 1. The Kier molecular flexibility index (Phi) is 4.91. The van der Waals surface area contributed by atoms with Crippen molar-refractivity contribution in [3.63, 3.8) is 0 Å². The fraction of sp³-hybridized carbons (Fsp3) is 0.300. The van der Waals surface area contributed by atoms with Crippen LogP contribution in [0, 0.1) is 11.7 Å². The van der Waals surface area contributed by atoms with Crippen LogP contribution in [0.4, 0.5) is 4.39 Å². The lowest BCUT2D eigenvalue weighted by atomic mass is 10.1. The zero-order valence-corrected chi connectivity index (χ0v) is 14.8. The molecule has 27 heavy (non-hydrogen) atoms. The van der Waals surface area contributed by atoms with Gasteiger partial charge in [-0.05, 0) is 42.7 Å². The van der Waals surface area contributed by atoms with Crippen LogP contribution in [0.5, 0.6) is 5.88 Å². The first-order chi connectivity index (χ1) is 13.2. The number of hydrogen-bond acceptors (Lipinski definition) is 4. The first kappa shape index (κ1) is 17.3. The highest BCUT2D eigenvalue weighted by Gasteiger charge is 2.26. The number of carbonyl (C=O) groups is 1. The summed E-state index contributed by atoms with van der Waals surface area (Å²) >= 11 is 0. The molecule has 0 spiro atoms. The average molecular weight is 369 g/mol. The lowest BCUT2D eigenvalue weighted by Crippen LogP contribution is -2.34.